The van der Waals surface area contributed by atoms with Crippen molar-refractivity contribution in [2.24, 2.45) is 16.6 Å². The predicted octanol–water partition coefficient (Wildman–Crippen LogP) is 2.17. The van der Waals surface area contributed by atoms with E-state index in [4.69, 9.17) is 5.73 Å². The van der Waals surface area contributed by atoms with Crippen molar-refractivity contribution in [3.8, 4) is 0 Å². The lowest BCUT2D eigenvalue weighted by atomic mass is 10.1. The quantitative estimate of drug-likeness (QED) is 0.620. The fourth-order valence-corrected chi connectivity index (χ4v) is 2.21. The minimum Gasteiger partial charge on any atom is -0.387 e. The van der Waals surface area contributed by atoms with E-state index in [-0.39, 0.29) is 0 Å². The van der Waals surface area contributed by atoms with Crippen molar-refractivity contribution >= 4 is 5.84 Å². The summed E-state index contributed by atoms with van der Waals surface area (Å²) in [5.41, 5.74) is 7.26. The molecule has 86 valence electrons. The maximum Gasteiger partial charge on any atom is 0.0968 e. The van der Waals surface area contributed by atoms with Gasteiger partial charge in [-0.15, -0.1) is 0 Å². The molecular weight excluding hydrogens is 198 g/mol. The van der Waals surface area contributed by atoms with Crippen LogP contribution in [0.15, 0.2) is 29.5 Å². The van der Waals surface area contributed by atoms with Crippen molar-refractivity contribution in [3.63, 3.8) is 0 Å². The summed E-state index contributed by atoms with van der Waals surface area (Å²) < 4.78 is 0. The third kappa shape index (κ3) is 3.05. The second-order valence-corrected chi connectivity index (χ2v) is 4.39. The zero-order valence-corrected chi connectivity index (χ0v) is 9.60. The molecule has 1 fully saturated rings. The maximum atomic E-state index is 5.98. The van der Waals surface area contributed by atoms with Crippen LogP contribution in [-0.4, -0.2) is 17.4 Å². The lowest BCUT2D eigenvalue weighted by Crippen LogP contribution is -2.21. The molecule has 0 radical (unpaired) electrons. The van der Waals surface area contributed by atoms with Crippen LogP contribution < -0.4 is 5.73 Å². The normalized spacial score (nSPS) is 17.9. The summed E-state index contributed by atoms with van der Waals surface area (Å²) in [6.45, 7) is 0.798. The van der Waals surface area contributed by atoms with Crippen LogP contribution >= 0.6 is 0 Å². The van der Waals surface area contributed by atoms with Crippen LogP contribution in [0.5, 0.6) is 0 Å². The van der Waals surface area contributed by atoms with E-state index in [0.29, 0.717) is 5.92 Å². The Hall–Kier alpha value is -1.38. The molecule has 0 aliphatic heterocycles. The molecule has 0 atom stereocenters. The lowest BCUT2D eigenvalue weighted by Gasteiger charge is -2.07. The van der Waals surface area contributed by atoms with Gasteiger partial charge >= 0.3 is 0 Å². The Kier molecular flexibility index (Phi) is 3.91. The molecule has 1 heterocycles. The van der Waals surface area contributed by atoms with Crippen molar-refractivity contribution in [3.05, 3.63) is 30.1 Å². The molecule has 1 aliphatic carbocycles. The lowest BCUT2D eigenvalue weighted by molar-refractivity contribution is 0.715. The van der Waals surface area contributed by atoms with Gasteiger partial charge in [-0.1, -0.05) is 12.8 Å². The number of pyridine rings is 1. The van der Waals surface area contributed by atoms with Crippen molar-refractivity contribution in [1.82, 2.24) is 4.98 Å². The van der Waals surface area contributed by atoms with Crippen LogP contribution in [-0.2, 0) is 6.42 Å². The van der Waals surface area contributed by atoms with Gasteiger partial charge in [0.05, 0.1) is 5.84 Å². The minimum absolute atomic E-state index is 0.553. The van der Waals surface area contributed by atoms with Gasteiger partial charge in [-0.2, -0.15) is 0 Å². The monoisotopic (exact) mass is 217 g/mol. The number of hydrogen-bond donors (Lipinski definition) is 1. The van der Waals surface area contributed by atoms with E-state index >= 15 is 0 Å². The molecule has 0 aromatic carbocycles. The Morgan fingerprint density at radius 2 is 2.00 bits per heavy atom. The first kappa shape index (κ1) is 11.1. The summed E-state index contributed by atoms with van der Waals surface area (Å²) in [4.78, 5) is 8.47. The third-order valence-electron chi connectivity index (χ3n) is 3.22. The SMILES string of the molecule is NC(=NCCc1ccncc1)C1CCCC1. The van der Waals surface area contributed by atoms with E-state index in [1.54, 1.807) is 0 Å². The standard InChI is InChI=1S/C13H19N3/c14-13(12-3-1-2-4-12)16-10-7-11-5-8-15-9-6-11/h5-6,8-9,12H,1-4,7,10H2,(H2,14,16). The molecule has 1 saturated carbocycles. The molecule has 2 rings (SSSR count). The van der Waals surface area contributed by atoms with Gasteiger partial charge in [-0.25, -0.2) is 0 Å². The average Bonchev–Trinajstić information content (AvgIpc) is 2.84. The van der Waals surface area contributed by atoms with E-state index in [0.717, 1.165) is 18.8 Å². The number of rotatable bonds is 4. The largest absolute Gasteiger partial charge is 0.387 e. The number of nitrogens with two attached hydrogens (primary N) is 1. The van der Waals surface area contributed by atoms with Crippen molar-refractivity contribution in [2.75, 3.05) is 6.54 Å². The van der Waals surface area contributed by atoms with Gasteiger partial charge in [0.1, 0.15) is 0 Å². The van der Waals surface area contributed by atoms with E-state index in [9.17, 15) is 0 Å². The molecule has 0 bridgehead atoms. The second kappa shape index (κ2) is 5.64. The summed E-state index contributed by atoms with van der Waals surface area (Å²) in [5.74, 6) is 1.42. The summed E-state index contributed by atoms with van der Waals surface area (Å²) in [6, 6.07) is 4.06. The smallest absolute Gasteiger partial charge is 0.0968 e. The number of hydrogen-bond acceptors (Lipinski definition) is 2. The summed E-state index contributed by atoms with van der Waals surface area (Å²) in [7, 11) is 0. The molecule has 3 heteroatoms. The fourth-order valence-electron chi connectivity index (χ4n) is 2.21. The number of nitrogens with zero attached hydrogens (tertiary/aromatic N) is 2. The first-order valence-corrected chi connectivity index (χ1v) is 6.05. The van der Waals surface area contributed by atoms with Crippen LogP contribution in [0.2, 0.25) is 0 Å². The van der Waals surface area contributed by atoms with E-state index in [2.05, 4.69) is 9.98 Å². The van der Waals surface area contributed by atoms with Gasteiger partial charge in [0.15, 0.2) is 0 Å². The Morgan fingerprint density at radius 1 is 1.31 bits per heavy atom. The highest BCUT2D eigenvalue weighted by molar-refractivity contribution is 5.83. The van der Waals surface area contributed by atoms with E-state index < -0.39 is 0 Å². The minimum atomic E-state index is 0.553. The predicted molar refractivity (Wildman–Crippen MR) is 66.4 cm³/mol. The zero-order chi connectivity index (χ0) is 11.2. The van der Waals surface area contributed by atoms with E-state index in [1.807, 2.05) is 24.5 Å². The summed E-state index contributed by atoms with van der Waals surface area (Å²) in [5, 5.41) is 0. The van der Waals surface area contributed by atoms with Crippen LogP contribution in [0, 0.1) is 5.92 Å². The van der Waals surface area contributed by atoms with Crippen LogP contribution in [0.25, 0.3) is 0 Å². The van der Waals surface area contributed by atoms with Gasteiger partial charge < -0.3 is 5.73 Å². The van der Waals surface area contributed by atoms with Crippen molar-refractivity contribution in [2.45, 2.75) is 32.1 Å². The van der Waals surface area contributed by atoms with Gasteiger partial charge in [0, 0.05) is 24.9 Å². The maximum absolute atomic E-state index is 5.98. The third-order valence-corrected chi connectivity index (χ3v) is 3.22. The van der Waals surface area contributed by atoms with Crippen LogP contribution in [0.3, 0.4) is 0 Å². The zero-order valence-electron chi connectivity index (χ0n) is 9.60. The van der Waals surface area contributed by atoms with Gasteiger partial charge in [0.2, 0.25) is 0 Å². The molecule has 1 aromatic rings. The summed E-state index contributed by atoms with van der Waals surface area (Å²) in [6.07, 6.45) is 9.67. The topological polar surface area (TPSA) is 51.3 Å². The van der Waals surface area contributed by atoms with Crippen LogP contribution in [0.4, 0.5) is 0 Å². The van der Waals surface area contributed by atoms with Gasteiger partial charge in [-0.05, 0) is 37.0 Å². The fraction of sp³-hybridized carbons (Fsp3) is 0.538. The Morgan fingerprint density at radius 3 is 2.69 bits per heavy atom. The van der Waals surface area contributed by atoms with Crippen molar-refractivity contribution in [1.29, 1.82) is 0 Å². The molecule has 0 saturated heterocycles. The molecule has 0 spiro atoms. The molecule has 0 amide bonds. The molecule has 3 nitrogen and oxygen atoms in total. The van der Waals surface area contributed by atoms with Gasteiger partial charge in [-0.3, -0.25) is 9.98 Å². The Labute approximate surface area is 96.8 Å². The molecule has 0 unspecified atom stereocenters. The highest BCUT2D eigenvalue weighted by atomic mass is 14.9. The second-order valence-electron chi connectivity index (χ2n) is 4.39. The number of aromatic nitrogens is 1. The first-order valence-electron chi connectivity index (χ1n) is 6.05. The van der Waals surface area contributed by atoms with Crippen molar-refractivity contribution < 1.29 is 0 Å². The highest BCUT2D eigenvalue weighted by Crippen LogP contribution is 2.24. The summed E-state index contributed by atoms with van der Waals surface area (Å²) >= 11 is 0. The molecular formula is C13H19N3. The number of amidine groups is 1. The van der Waals surface area contributed by atoms with Crippen LogP contribution in [0.1, 0.15) is 31.2 Å². The molecule has 1 aromatic heterocycles. The van der Waals surface area contributed by atoms with E-state index in [1.165, 1.54) is 31.2 Å². The highest BCUT2D eigenvalue weighted by Gasteiger charge is 2.17. The first-order chi connectivity index (χ1) is 7.86. The Balaban J connectivity index is 1.80. The Bertz CT molecular complexity index is 339. The number of aliphatic imine (C=N–C) groups is 1. The molecule has 16 heavy (non-hydrogen) atoms. The molecule has 1 aliphatic rings. The molecule has 2 N–H and O–H groups in total. The van der Waals surface area contributed by atoms with Gasteiger partial charge in [0.25, 0.3) is 0 Å². The average molecular weight is 217 g/mol.